The molecular weight excluding hydrogens is 398 g/mol. The molecule has 1 aliphatic rings. The third-order valence-electron chi connectivity index (χ3n) is 3.78. The van der Waals surface area contributed by atoms with Gasteiger partial charge in [0.25, 0.3) is 0 Å². The Balaban J connectivity index is 0.00000182. The SMILES string of the molecule is Cc1nc(N2N(c3ccccc3)[C+]=NN2c2ccccc2)sc1C.[Br-]. The molecule has 0 N–H and O–H groups in total. The fraction of sp³-hybridized carbons (Fsp3) is 0.111. The zero-order valence-electron chi connectivity index (χ0n) is 13.8. The van der Waals surface area contributed by atoms with Crippen molar-refractivity contribution in [1.29, 1.82) is 0 Å². The fourth-order valence-corrected chi connectivity index (χ4v) is 3.32. The highest BCUT2D eigenvalue weighted by Crippen LogP contribution is 2.34. The lowest BCUT2D eigenvalue weighted by Crippen LogP contribution is -3.00. The van der Waals surface area contributed by atoms with Gasteiger partial charge in [0.05, 0.1) is 11.4 Å². The second-order valence-electron chi connectivity index (χ2n) is 5.40. The number of hydrazine groups is 2. The van der Waals surface area contributed by atoms with Crippen LogP contribution in [0.4, 0.5) is 16.5 Å². The van der Waals surface area contributed by atoms with Gasteiger partial charge in [-0.05, 0) is 43.1 Å². The number of thiazole rings is 1. The van der Waals surface area contributed by atoms with E-state index in [1.165, 1.54) is 4.88 Å². The van der Waals surface area contributed by atoms with Crippen molar-refractivity contribution in [3.05, 3.63) is 71.2 Å². The predicted octanol–water partition coefficient (Wildman–Crippen LogP) is 1.25. The Kier molecular flexibility index (Phi) is 4.99. The Morgan fingerprint density at radius 3 is 2.04 bits per heavy atom. The van der Waals surface area contributed by atoms with E-state index in [0.717, 1.165) is 22.2 Å². The van der Waals surface area contributed by atoms with Crippen LogP contribution in [0.5, 0.6) is 0 Å². The van der Waals surface area contributed by atoms with Crippen molar-refractivity contribution in [3.63, 3.8) is 0 Å². The van der Waals surface area contributed by atoms with E-state index in [9.17, 15) is 0 Å². The van der Waals surface area contributed by atoms with Gasteiger partial charge in [0, 0.05) is 22.1 Å². The number of aryl methyl sites for hydroxylation is 2. The van der Waals surface area contributed by atoms with Crippen LogP contribution in [0, 0.1) is 13.8 Å². The van der Waals surface area contributed by atoms with Gasteiger partial charge in [0.15, 0.2) is 0 Å². The maximum absolute atomic E-state index is 4.70. The third kappa shape index (κ3) is 3.22. The molecule has 0 atom stereocenters. The van der Waals surface area contributed by atoms with Crippen LogP contribution in [0.3, 0.4) is 0 Å². The van der Waals surface area contributed by atoms with Crippen molar-refractivity contribution in [2.75, 3.05) is 15.2 Å². The Morgan fingerprint density at radius 2 is 1.48 bits per heavy atom. The summed E-state index contributed by atoms with van der Waals surface area (Å²) in [5.74, 6) is 0. The molecule has 0 spiro atoms. The average molecular weight is 414 g/mol. The first-order valence-corrected chi connectivity index (χ1v) is 8.46. The van der Waals surface area contributed by atoms with E-state index in [-0.39, 0.29) is 17.0 Å². The summed E-state index contributed by atoms with van der Waals surface area (Å²) in [5.41, 5.74) is 2.96. The second-order valence-corrected chi connectivity index (χ2v) is 6.58. The van der Waals surface area contributed by atoms with Gasteiger partial charge in [0.2, 0.25) is 10.8 Å². The van der Waals surface area contributed by atoms with Gasteiger partial charge in [0.1, 0.15) is 0 Å². The van der Waals surface area contributed by atoms with Gasteiger partial charge in [-0.25, -0.2) is 4.98 Å². The lowest BCUT2D eigenvalue weighted by Gasteiger charge is -2.25. The minimum atomic E-state index is 0. The van der Waals surface area contributed by atoms with Crippen LogP contribution in [0.25, 0.3) is 0 Å². The van der Waals surface area contributed by atoms with Crippen LogP contribution < -0.4 is 32.2 Å². The lowest BCUT2D eigenvalue weighted by atomic mass is 10.3. The zero-order valence-corrected chi connectivity index (χ0v) is 16.2. The Bertz CT molecular complexity index is 797. The molecule has 0 aliphatic carbocycles. The molecule has 0 unspecified atom stereocenters. The molecule has 0 saturated heterocycles. The number of hydrogen-bond acceptors (Lipinski definition) is 6. The summed E-state index contributed by atoms with van der Waals surface area (Å²) in [6, 6.07) is 20.0. The van der Waals surface area contributed by atoms with Gasteiger partial charge >= 0.3 is 6.34 Å². The summed E-state index contributed by atoms with van der Waals surface area (Å²) in [7, 11) is 0. The molecule has 1 aliphatic heterocycles. The second kappa shape index (κ2) is 7.19. The van der Waals surface area contributed by atoms with Gasteiger partial charge in [-0.1, -0.05) is 40.7 Å². The first-order valence-electron chi connectivity index (χ1n) is 7.64. The van der Waals surface area contributed by atoms with E-state index >= 15 is 0 Å². The highest BCUT2D eigenvalue weighted by atomic mass is 79.9. The average Bonchev–Trinajstić information content (AvgIpc) is 3.20. The maximum Gasteiger partial charge on any atom is 0.368 e. The lowest BCUT2D eigenvalue weighted by molar-refractivity contribution is -0.00000480. The summed E-state index contributed by atoms with van der Waals surface area (Å²) >= 11 is 1.64. The number of rotatable bonds is 3. The van der Waals surface area contributed by atoms with E-state index in [0.29, 0.717) is 0 Å². The van der Waals surface area contributed by atoms with Gasteiger partial charge < -0.3 is 17.0 Å². The number of anilines is 3. The molecule has 7 heteroatoms. The minimum absolute atomic E-state index is 0. The van der Waals surface area contributed by atoms with Crippen molar-refractivity contribution >= 4 is 34.2 Å². The molecule has 1 aromatic heterocycles. The molecule has 4 rings (SSSR count). The van der Waals surface area contributed by atoms with Crippen molar-refractivity contribution in [2.24, 2.45) is 5.10 Å². The van der Waals surface area contributed by atoms with Gasteiger partial charge in [-0.15, -0.1) is 5.12 Å². The largest absolute Gasteiger partial charge is 1.00 e. The van der Waals surface area contributed by atoms with E-state index in [1.807, 2.05) is 82.8 Å². The molecule has 5 nitrogen and oxygen atoms in total. The minimum Gasteiger partial charge on any atom is -1.00 e. The summed E-state index contributed by atoms with van der Waals surface area (Å²) in [4.78, 5) is 5.90. The maximum atomic E-state index is 4.70. The third-order valence-corrected chi connectivity index (χ3v) is 4.82. The molecule has 0 radical (unpaired) electrons. The highest BCUT2D eigenvalue weighted by Gasteiger charge is 2.39. The number of hydrazone groups is 1. The van der Waals surface area contributed by atoms with Crippen LogP contribution in [0.1, 0.15) is 10.6 Å². The van der Waals surface area contributed by atoms with Gasteiger partial charge in [-0.3, -0.25) is 0 Å². The number of hydrogen-bond donors (Lipinski definition) is 0. The van der Waals surface area contributed by atoms with Crippen LogP contribution in [0.2, 0.25) is 0 Å². The monoisotopic (exact) mass is 413 g/mol. The van der Waals surface area contributed by atoms with Crippen LogP contribution in [0.15, 0.2) is 65.8 Å². The standard InChI is InChI=1S/C18H16N5S.BrH/c1-14-15(2)24-18(20-14)23-21(16-9-5-3-6-10-16)13-19-22(23)17-11-7-4-8-12-17;/h3-12H,1-2H3;1H/q+1;/p-1. The Labute approximate surface area is 161 Å². The Hall–Kier alpha value is -2.47. The molecule has 0 saturated carbocycles. The highest BCUT2D eigenvalue weighted by molar-refractivity contribution is 7.15. The first-order chi connectivity index (χ1) is 11.7. The summed E-state index contributed by atoms with van der Waals surface area (Å²) in [6.07, 6.45) is 3.08. The predicted molar refractivity (Wildman–Crippen MR) is 99.3 cm³/mol. The normalized spacial score (nSPS) is 13.0. The zero-order chi connectivity index (χ0) is 16.5. The van der Waals surface area contributed by atoms with E-state index in [4.69, 9.17) is 4.98 Å². The summed E-state index contributed by atoms with van der Waals surface area (Å²) in [6.45, 7) is 4.10. The molecule has 2 aromatic carbocycles. The molecule has 0 bridgehead atoms. The van der Waals surface area contributed by atoms with Crippen molar-refractivity contribution in [1.82, 2.24) is 4.98 Å². The number of nitrogens with zero attached hydrogens (tertiary/aromatic N) is 5. The summed E-state index contributed by atoms with van der Waals surface area (Å²) < 4.78 is 0. The number of para-hydroxylation sites is 2. The topological polar surface area (TPSA) is 35.0 Å². The molecule has 126 valence electrons. The number of halogens is 1. The number of benzene rings is 2. The van der Waals surface area contributed by atoms with Crippen LogP contribution >= 0.6 is 11.3 Å². The molecule has 0 fully saturated rings. The molecule has 25 heavy (non-hydrogen) atoms. The molecule has 2 heterocycles. The van der Waals surface area contributed by atoms with Crippen LogP contribution in [-0.4, -0.2) is 11.3 Å². The van der Waals surface area contributed by atoms with E-state index < -0.39 is 0 Å². The van der Waals surface area contributed by atoms with Crippen molar-refractivity contribution in [3.8, 4) is 0 Å². The molecular formula is C18H16BrN5S. The van der Waals surface area contributed by atoms with Crippen molar-refractivity contribution < 1.29 is 17.0 Å². The van der Waals surface area contributed by atoms with E-state index in [2.05, 4.69) is 18.4 Å². The molecule has 0 amide bonds. The Morgan fingerprint density at radius 1 is 0.880 bits per heavy atom. The van der Waals surface area contributed by atoms with E-state index in [1.54, 1.807) is 11.3 Å². The van der Waals surface area contributed by atoms with Crippen molar-refractivity contribution in [2.45, 2.75) is 13.8 Å². The van der Waals surface area contributed by atoms with Crippen LogP contribution in [-0.2, 0) is 0 Å². The first kappa shape index (κ1) is 17.4. The fourth-order valence-electron chi connectivity index (χ4n) is 2.43. The summed E-state index contributed by atoms with van der Waals surface area (Å²) in [5, 5.41) is 10.9. The molecule has 3 aromatic rings. The quantitative estimate of drug-likeness (QED) is 0.605. The smallest absolute Gasteiger partial charge is 0.368 e. The van der Waals surface area contributed by atoms with Gasteiger partial charge in [-0.2, -0.15) is 0 Å². The number of aromatic nitrogens is 1.